The van der Waals surface area contributed by atoms with Crippen molar-refractivity contribution in [3.05, 3.63) is 141 Å². The quantitative estimate of drug-likeness (QED) is 0.0790. The largest absolute Gasteiger partial charge is 0.493 e. The van der Waals surface area contributed by atoms with E-state index in [1.165, 1.54) is 29.3 Å². The Labute approximate surface area is 315 Å². The van der Waals surface area contributed by atoms with Crippen LogP contribution in [0.4, 0.5) is 8.78 Å². The predicted molar refractivity (Wildman–Crippen MR) is 203 cm³/mol. The average Bonchev–Trinajstić information content (AvgIpc) is 3.58. The third-order valence-electron chi connectivity index (χ3n) is 8.41. The first-order chi connectivity index (χ1) is 25.0. The molecule has 0 radical (unpaired) electrons. The fourth-order valence-corrected chi connectivity index (χ4v) is 8.71. The van der Waals surface area contributed by atoms with E-state index in [0.717, 1.165) is 14.0 Å². The maximum atomic E-state index is 14.5. The van der Waals surface area contributed by atoms with Gasteiger partial charge in [-0.1, -0.05) is 72.8 Å². The van der Waals surface area contributed by atoms with Gasteiger partial charge in [0.2, 0.25) is 0 Å². The fraction of sp³-hybridized carbons (Fsp3) is 0.211. The Morgan fingerprint density at radius 3 is 2.10 bits per heavy atom. The molecule has 0 aliphatic heterocycles. The van der Waals surface area contributed by atoms with Gasteiger partial charge in [-0.05, 0) is 69.6 Å². The van der Waals surface area contributed by atoms with Crippen molar-refractivity contribution in [2.24, 2.45) is 0 Å². The molecule has 7 rings (SSSR count). The van der Waals surface area contributed by atoms with Gasteiger partial charge in [-0.2, -0.15) is 0 Å². The summed E-state index contributed by atoms with van der Waals surface area (Å²) in [6, 6.07) is 32.7. The minimum atomic E-state index is -4.42. The standard InChI is InChI=1S/C38H32F2IN2O7PS/c1-46-33-18-30(43-25-42-31-19-34(52-35(31)36(43)44)28-12-14-29(41)15-13-28)16-17-32(33)47-24-37(22-38(39,40)23-37)50-51(45,48-20-26-8-4-2-5-9-26)49-21-27-10-6-3-7-11-27/h2-19,25H,20-24H2,1H3. The van der Waals surface area contributed by atoms with E-state index in [0.29, 0.717) is 27.0 Å². The second-order valence-electron chi connectivity index (χ2n) is 12.3. The van der Waals surface area contributed by atoms with Crippen LogP contribution in [0.25, 0.3) is 26.3 Å². The summed E-state index contributed by atoms with van der Waals surface area (Å²) in [4.78, 5) is 19.1. The third kappa shape index (κ3) is 8.30. The van der Waals surface area contributed by atoms with Gasteiger partial charge in [-0.3, -0.25) is 22.9 Å². The Balaban J connectivity index is 1.11. The Bertz CT molecular complexity index is 2230. The number of hydrogen-bond acceptors (Lipinski definition) is 9. The molecule has 9 nitrogen and oxygen atoms in total. The topological polar surface area (TPSA) is 98.1 Å². The van der Waals surface area contributed by atoms with Crippen LogP contribution in [0, 0.1) is 3.57 Å². The second kappa shape index (κ2) is 15.2. The first-order valence-electron chi connectivity index (χ1n) is 16.2. The molecule has 0 bridgehead atoms. The Kier molecular flexibility index (Phi) is 10.6. The SMILES string of the molecule is COc1cc(-n2cnc3cc(-c4ccc(I)cc4)sc3c2=O)ccc1OCC1(OP(=O)(OCc2ccccc2)OCc2ccccc2)CC(F)(F)C1. The van der Waals surface area contributed by atoms with E-state index in [1.54, 1.807) is 66.7 Å². The van der Waals surface area contributed by atoms with Crippen LogP contribution in [0.2, 0.25) is 0 Å². The molecule has 14 heteroatoms. The summed E-state index contributed by atoms with van der Waals surface area (Å²) < 4.78 is 75.1. The number of phosphoric acid groups is 1. The summed E-state index contributed by atoms with van der Waals surface area (Å²) in [6.07, 6.45) is -0.0775. The number of rotatable bonds is 14. The summed E-state index contributed by atoms with van der Waals surface area (Å²) in [5.41, 5.74) is 1.48. The van der Waals surface area contributed by atoms with E-state index >= 15 is 0 Å². The number of thiophene rings is 1. The zero-order valence-electron chi connectivity index (χ0n) is 27.7. The van der Waals surface area contributed by atoms with Gasteiger partial charge < -0.3 is 9.47 Å². The van der Waals surface area contributed by atoms with Crippen molar-refractivity contribution in [3.8, 4) is 27.6 Å². The van der Waals surface area contributed by atoms with Crippen LogP contribution in [0.5, 0.6) is 11.5 Å². The van der Waals surface area contributed by atoms with E-state index in [9.17, 15) is 18.1 Å². The number of benzene rings is 4. The van der Waals surface area contributed by atoms with Gasteiger partial charge in [0.1, 0.15) is 23.2 Å². The van der Waals surface area contributed by atoms with E-state index in [1.807, 2.05) is 42.5 Å². The monoisotopic (exact) mass is 856 g/mol. The van der Waals surface area contributed by atoms with Crippen LogP contribution < -0.4 is 15.0 Å². The molecule has 4 aromatic carbocycles. The molecule has 2 aromatic heterocycles. The molecule has 0 amide bonds. The zero-order valence-corrected chi connectivity index (χ0v) is 31.6. The van der Waals surface area contributed by atoms with Crippen LogP contribution in [-0.2, 0) is 31.4 Å². The molecule has 0 N–H and O–H groups in total. The molecule has 1 aliphatic rings. The highest BCUT2D eigenvalue weighted by molar-refractivity contribution is 14.1. The van der Waals surface area contributed by atoms with Crippen molar-refractivity contribution in [1.82, 2.24) is 9.55 Å². The lowest BCUT2D eigenvalue weighted by Gasteiger charge is -2.46. The maximum Gasteiger partial charge on any atom is 0.476 e. The summed E-state index contributed by atoms with van der Waals surface area (Å²) in [7, 11) is -2.99. The number of nitrogens with zero attached hydrogens (tertiary/aromatic N) is 2. The maximum absolute atomic E-state index is 14.5. The van der Waals surface area contributed by atoms with Crippen LogP contribution in [0.15, 0.2) is 120 Å². The van der Waals surface area contributed by atoms with Crippen LogP contribution in [0.3, 0.4) is 0 Å². The highest BCUT2D eigenvalue weighted by Gasteiger charge is 2.61. The predicted octanol–water partition coefficient (Wildman–Crippen LogP) is 9.83. The highest BCUT2D eigenvalue weighted by Crippen LogP contribution is 2.61. The van der Waals surface area contributed by atoms with E-state index in [-0.39, 0.29) is 30.3 Å². The van der Waals surface area contributed by atoms with Crippen molar-refractivity contribution < 1.29 is 36.4 Å². The number of aromatic nitrogens is 2. The molecule has 0 spiro atoms. The molecule has 268 valence electrons. The van der Waals surface area contributed by atoms with Crippen molar-refractivity contribution in [2.45, 2.75) is 37.6 Å². The lowest BCUT2D eigenvalue weighted by molar-refractivity contribution is -0.210. The minimum absolute atomic E-state index is 0.131. The molecule has 1 aliphatic carbocycles. The molecule has 1 fully saturated rings. The second-order valence-corrected chi connectivity index (χ2v) is 16.2. The molecule has 2 heterocycles. The van der Waals surface area contributed by atoms with Gasteiger partial charge in [-0.25, -0.2) is 18.3 Å². The molecule has 0 atom stereocenters. The number of phosphoric ester groups is 1. The normalized spacial score (nSPS) is 14.9. The molecule has 1 saturated carbocycles. The van der Waals surface area contributed by atoms with Crippen molar-refractivity contribution >= 4 is 52.0 Å². The van der Waals surface area contributed by atoms with E-state index in [2.05, 4.69) is 27.6 Å². The van der Waals surface area contributed by atoms with Crippen LogP contribution in [0.1, 0.15) is 24.0 Å². The zero-order chi connectivity index (χ0) is 36.3. The molecular formula is C38H32F2IN2O7PS. The third-order valence-corrected chi connectivity index (χ3v) is 11.8. The molecular weight excluding hydrogens is 824 g/mol. The van der Waals surface area contributed by atoms with Crippen molar-refractivity contribution in [2.75, 3.05) is 13.7 Å². The van der Waals surface area contributed by atoms with Crippen molar-refractivity contribution in [3.63, 3.8) is 0 Å². The first kappa shape index (κ1) is 36.4. The summed E-state index contributed by atoms with van der Waals surface area (Å²) >= 11 is 3.60. The van der Waals surface area contributed by atoms with Crippen LogP contribution in [-0.4, -0.2) is 34.8 Å². The molecule has 0 saturated heterocycles. The minimum Gasteiger partial charge on any atom is -0.493 e. The lowest BCUT2D eigenvalue weighted by Crippen LogP contribution is -2.56. The average molecular weight is 857 g/mol. The number of methoxy groups -OCH3 is 1. The number of alkyl halides is 2. The summed E-state index contributed by atoms with van der Waals surface area (Å²) in [6.45, 7) is -0.669. The smallest absolute Gasteiger partial charge is 0.476 e. The van der Waals surface area contributed by atoms with E-state index < -0.39 is 38.8 Å². The molecule has 52 heavy (non-hydrogen) atoms. The number of ether oxygens (including phenoxy) is 2. The Morgan fingerprint density at radius 1 is 0.865 bits per heavy atom. The van der Waals surface area contributed by atoms with Crippen molar-refractivity contribution in [1.29, 1.82) is 0 Å². The van der Waals surface area contributed by atoms with Gasteiger partial charge >= 0.3 is 7.82 Å². The molecule has 0 unspecified atom stereocenters. The van der Waals surface area contributed by atoms with Crippen LogP contribution >= 0.6 is 41.8 Å². The van der Waals surface area contributed by atoms with Gasteiger partial charge in [0, 0.05) is 27.4 Å². The number of fused-ring (bicyclic) bond motifs is 1. The number of hydrogen-bond donors (Lipinski definition) is 0. The fourth-order valence-electron chi connectivity index (χ4n) is 5.85. The highest BCUT2D eigenvalue weighted by atomic mass is 127. The van der Waals surface area contributed by atoms with Gasteiger partial charge in [0.05, 0.1) is 31.5 Å². The lowest BCUT2D eigenvalue weighted by atomic mass is 9.77. The first-order valence-corrected chi connectivity index (χ1v) is 19.5. The van der Waals surface area contributed by atoms with E-state index in [4.69, 9.17) is 23.0 Å². The number of halogens is 3. The summed E-state index contributed by atoms with van der Waals surface area (Å²) in [5, 5.41) is 0. The van der Waals surface area contributed by atoms with Gasteiger partial charge in [0.25, 0.3) is 11.5 Å². The van der Waals surface area contributed by atoms with Gasteiger partial charge in [-0.15, -0.1) is 11.3 Å². The van der Waals surface area contributed by atoms with Gasteiger partial charge in [0.15, 0.2) is 11.5 Å². The Hall–Kier alpha value is -3.98. The molecule has 6 aromatic rings. The Morgan fingerprint density at radius 2 is 1.50 bits per heavy atom. The summed E-state index contributed by atoms with van der Waals surface area (Å²) in [5.74, 6) is -2.64.